The Morgan fingerprint density at radius 1 is 1.22 bits per heavy atom. The van der Waals surface area contributed by atoms with Crippen molar-refractivity contribution < 1.29 is 19.4 Å². The van der Waals surface area contributed by atoms with Gasteiger partial charge in [-0.05, 0) is 45.7 Å². The molecule has 0 bridgehead atoms. The van der Waals surface area contributed by atoms with Crippen molar-refractivity contribution in [3.63, 3.8) is 0 Å². The van der Waals surface area contributed by atoms with Gasteiger partial charge in [0.2, 0.25) is 0 Å². The van der Waals surface area contributed by atoms with Crippen LogP contribution in [-0.4, -0.2) is 55.8 Å². The smallest absolute Gasteiger partial charge is 0.410 e. The zero-order valence-electron chi connectivity index (χ0n) is 15.8. The Balaban J connectivity index is 1.64. The molecule has 144 valence electrons. The summed E-state index contributed by atoms with van der Waals surface area (Å²) < 4.78 is 5.41. The Bertz CT molecular complexity index is 832. The molecule has 1 aliphatic rings. The number of carbonyl (C=O) groups excluding carboxylic acids is 1. The van der Waals surface area contributed by atoms with Crippen LogP contribution in [0.15, 0.2) is 30.5 Å². The number of carboxylic acid groups (broad SMARTS) is 1. The zero-order chi connectivity index (χ0) is 19.6. The minimum absolute atomic E-state index is 0.0973. The number of aromatic nitrogens is 3. The Labute approximate surface area is 157 Å². The highest BCUT2D eigenvalue weighted by atomic mass is 16.6. The number of piperidine rings is 1. The summed E-state index contributed by atoms with van der Waals surface area (Å²) in [6.07, 6.45) is 2.83. The predicted molar refractivity (Wildman–Crippen MR) is 98.5 cm³/mol. The summed E-state index contributed by atoms with van der Waals surface area (Å²) >= 11 is 0. The fourth-order valence-corrected chi connectivity index (χ4v) is 3.00. The number of rotatable bonds is 3. The number of likely N-dealkylation sites (tertiary alicyclic amines) is 1. The second-order valence-electron chi connectivity index (χ2n) is 7.63. The molecule has 1 amide bonds. The van der Waals surface area contributed by atoms with E-state index in [1.165, 1.54) is 0 Å². The molecule has 1 saturated heterocycles. The highest BCUT2D eigenvalue weighted by Crippen LogP contribution is 2.24. The van der Waals surface area contributed by atoms with Crippen LogP contribution >= 0.6 is 0 Å². The predicted octanol–water partition coefficient (Wildman–Crippen LogP) is 3.22. The lowest BCUT2D eigenvalue weighted by Gasteiger charge is -2.33. The average molecular weight is 372 g/mol. The molecule has 0 spiro atoms. The molecular formula is C19H24N4O4. The van der Waals surface area contributed by atoms with Gasteiger partial charge >= 0.3 is 12.1 Å². The van der Waals surface area contributed by atoms with Gasteiger partial charge in [0.05, 0.1) is 17.8 Å². The van der Waals surface area contributed by atoms with Gasteiger partial charge in [0.25, 0.3) is 0 Å². The van der Waals surface area contributed by atoms with E-state index >= 15 is 0 Å². The van der Waals surface area contributed by atoms with Crippen molar-refractivity contribution in [2.24, 2.45) is 0 Å². The lowest BCUT2D eigenvalue weighted by molar-refractivity contribution is 0.0180. The Hall–Kier alpha value is -2.90. The van der Waals surface area contributed by atoms with Gasteiger partial charge in [-0.15, -0.1) is 0 Å². The highest BCUT2D eigenvalue weighted by Gasteiger charge is 2.28. The average Bonchev–Trinajstić information content (AvgIpc) is 3.10. The van der Waals surface area contributed by atoms with E-state index in [0.29, 0.717) is 24.3 Å². The molecule has 2 heterocycles. The van der Waals surface area contributed by atoms with Crippen LogP contribution in [0.25, 0.3) is 11.3 Å². The maximum atomic E-state index is 12.2. The van der Waals surface area contributed by atoms with Gasteiger partial charge in [-0.3, -0.25) is 0 Å². The number of carbonyl (C=O) groups is 2. The van der Waals surface area contributed by atoms with Gasteiger partial charge < -0.3 is 14.7 Å². The van der Waals surface area contributed by atoms with Gasteiger partial charge in [-0.2, -0.15) is 15.0 Å². The van der Waals surface area contributed by atoms with Gasteiger partial charge in [0.15, 0.2) is 0 Å². The van der Waals surface area contributed by atoms with Crippen molar-refractivity contribution in [3.8, 4) is 11.3 Å². The van der Waals surface area contributed by atoms with Crippen LogP contribution < -0.4 is 0 Å². The van der Waals surface area contributed by atoms with E-state index in [-0.39, 0.29) is 17.7 Å². The van der Waals surface area contributed by atoms with Crippen LogP contribution in [0, 0.1) is 0 Å². The molecule has 0 unspecified atom stereocenters. The quantitative estimate of drug-likeness (QED) is 0.888. The van der Waals surface area contributed by atoms with Crippen molar-refractivity contribution in [2.45, 2.75) is 45.3 Å². The Morgan fingerprint density at radius 2 is 1.93 bits per heavy atom. The molecule has 3 rings (SSSR count). The molecule has 1 N–H and O–H groups in total. The molecule has 0 atom stereocenters. The van der Waals surface area contributed by atoms with Gasteiger partial charge in [0, 0.05) is 18.7 Å². The first-order valence-corrected chi connectivity index (χ1v) is 8.96. The van der Waals surface area contributed by atoms with Crippen molar-refractivity contribution in [2.75, 3.05) is 13.1 Å². The molecular weight excluding hydrogens is 348 g/mol. The van der Waals surface area contributed by atoms with Crippen LogP contribution in [0.2, 0.25) is 0 Å². The Kier molecular flexibility index (Phi) is 5.16. The van der Waals surface area contributed by atoms with Crippen molar-refractivity contribution >= 4 is 12.1 Å². The number of hydrogen-bond acceptors (Lipinski definition) is 5. The second kappa shape index (κ2) is 7.38. The summed E-state index contributed by atoms with van der Waals surface area (Å²) in [4.78, 5) is 26.6. The normalized spacial score (nSPS) is 15.6. The van der Waals surface area contributed by atoms with Crippen LogP contribution in [0.4, 0.5) is 4.79 Å². The van der Waals surface area contributed by atoms with E-state index in [9.17, 15) is 9.59 Å². The van der Waals surface area contributed by atoms with E-state index in [1.54, 1.807) is 34.1 Å². The maximum absolute atomic E-state index is 12.2. The van der Waals surface area contributed by atoms with Crippen molar-refractivity contribution in [1.82, 2.24) is 19.9 Å². The SMILES string of the molecule is CC(C)(C)OC(=O)N1CCC(n2ncc(-c3cccc(C(=O)O)c3)n2)CC1. The van der Waals surface area contributed by atoms with Crippen LogP contribution in [-0.2, 0) is 4.74 Å². The molecule has 0 radical (unpaired) electrons. The van der Waals surface area contributed by atoms with E-state index in [0.717, 1.165) is 12.8 Å². The van der Waals surface area contributed by atoms with E-state index in [4.69, 9.17) is 9.84 Å². The summed E-state index contributed by atoms with van der Waals surface area (Å²) in [5, 5.41) is 18.0. The summed E-state index contributed by atoms with van der Waals surface area (Å²) in [5.41, 5.74) is 1.06. The fraction of sp³-hybridized carbons (Fsp3) is 0.474. The molecule has 1 aromatic carbocycles. The van der Waals surface area contributed by atoms with E-state index in [2.05, 4.69) is 10.2 Å². The van der Waals surface area contributed by atoms with Gasteiger partial charge in [-0.1, -0.05) is 12.1 Å². The number of carboxylic acids is 1. The third kappa shape index (κ3) is 4.64. The minimum atomic E-state index is -0.973. The number of benzene rings is 1. The van der Waals surface area contributed by atoms with Crippen LogP contribution in [0.5, 0.6) is 0 Å². The number of ether oxygens (including phenoxy) is 1. The van der Waals surface area contributed by atoms with E-state index in [1.807, 2.05) is 26.8 Å². The number of amides is 1. The van der Waals surface area contributed by atoms with Crippen molar-refractivity contribution in [3.05, 3.63) is 36.0 Å². The fourth-order valence-electron chi connectivity index (χ4n) is 3.00. The van der Waals surface area contributed by atoms with E-state index < -0.39 is 11.6 Å². The van der Waals surface area contributed by atoms with Crippen molar-refractivity contribution in [1.29, 1.82) is 0 Å². The summed E-state index contributed by atoms with van der Waals surface area (Å²) in [6.45, 7) is 6.74. The topological polar surface area (TPSA) is 97.6 Å². The first kappa shape index (κ1) is 18.9. The number of nitrogens with zero attached hydrogens (tertiary/aromatic N) is 4. The third-order valence-corrected chi connectivity index (χ3v) is 4.36. The number of aromatic carboxylic acids is 1. The third-order valence-electron chi connectivity index (χ3n) is 4.36. The summed E-state index contributed by atoms with van der Waals surface area (Å²) in [5.74, 6) is -0.973. The largest absolute Gasteiger partial charge is 0.478 e. The molecule has 8 nitrogen and oxygen atoms in total. The first-order chi connectivity index (χ1) is 12.7. The van der Waals surface area contributed by atoms with Crippen LogP contribution in [0.1, 0.15) is 50.0 Å². The Morgan fingerprint density at radius 3 is 2.56 bits per heavy atom. The molecule has 2 aromatic rings. The van der Waals surface area contributed by atoms with Crippen LogP contribution in [0.3, 0.4) is 0 Å². The summed E-state index contributed by atoms with van der Waals surface area (Å²) in [7, 11) is 0. The lowest BCUT2D eigenvalue weighted by atomic mass is 10.1. The molecule has 1 aliphatic heterocycles. The standard InChI is InChI=1S/C19H24N4O4/c1-19(2,3)27-18(26)22-9-7-15(8-10-22)23-20-12-16(21-23)13-5-4-6-14(11-13)17(24)25/h4-6,11-12,15H,7-10H2,1-3H3,(H,24,25). The zero-order valence-corrected chi connectivity index (χ0v) is 15.8. The van der Waals surface area contributed by atoms with Gasteiger partial charge in [0.1, 0.15) is 11.3 Å². The summed E-state index contributed by atoms with van der Waals surface area (Å²) in [6, 6.07) is 6.73. The molecule has 0 saturated carbocycles. The second-order valence-corrected chi connectivity index (χ2v) is 7.63. The molecule has 8 heteroatoms. The lowest BCUT2D eigenvalue weighted by Crippen LogP contribution is -2.42. The highest BCUT2D eigenvalue weighted by molar-refractivity contribution is 5.89. The number of hydrogen-bond donors (Lipinski definition) is 1. The minimum Gasteiger partial charge on any atom is -0.478 e. The molecule has 1 fully saturated rings. The van der Waals surface area contributed by atoms with Gasteiger partial charge in [-0.25, -0.2) is 9.59 Å². The monoisotopic (exact) mass is 372 g/mol. The molecule has 1 aromatic heterocycles. The first-order valence-electron chi connectivity index (χ1n) is 8.96. The molecule has 0 aliphatic carbocycles. The molecule has 27 heavy (non-hydrogen) atoms. The maximum Gasteiger partial charge on any atom is 0.410 e.